The molecule has 3 fully saturated rings. The largest absolute Gasteiger partial charge is 0.481 e. The Morgan fingerprint density at radius 3 is 2.50 bits per heavy atom. The van der Waals surface area contributed by atoms with Gasteiger partial charge in [-0.1, -0.05) is 0 Å². The van der Waals surface area contributed by atoms with E-state index in [0.29, 0.717) is 38.5 Å². The molecule has 1 N–H and O–H groups in total. The highest BCUT2D eigenvalue weighted by molar-refractivity contribution is 5.90. The van der Waals surface area contributed by atoms with Gasteiger partial charge in [-0.05, 0) is 25.7 Å². The number of rotatable bonds is 3. The van der Waals surface area contributed by atoms with Crippen LogP contribution in [0.3, 0.4) is 0 Å². The highest BCUT2D eigenvalue weighted by Crippen LogP contribution is 2.33. The summed E-state index contributed by atoms with van der Waals surface area (Å²) < 4.78 is 0. The number of hydrogen-bond acceptors (Lipinski definition) is 3. The number of carbonyl (C=O) groups is 3. The summed E-state index contributed by atoms with van der Waals surface area (Å²) in [7, 11) is 0. The van der Waals surface area contributed by atoms with E-state index in [9.17, 15) is 14.4 Å². The van der Waals surface area contributed by atoms with E-state index in [4.69, 9.17) is 5.11 Å². The molecule has 1 saturated carbocycles. The second-order valence-electron chi connectivity index (χ2n) is 6.14. The monoisotopic (exact) mass is 280 g/mol. The lowest BCUT2D eigenvalue weighted by atomic mass is 9.96. The maximum absolute atomic E-state index is 12.5. The fourth-order valence-electron chi connectivity index (χ4n) is 3.27. The first-order valence-electron chi connectivity index (χ1n) is 7.37. The van der Waals surface area contributed by atoms with E-state index in [-0.39, 0.29) is 17.7 Å². The number of carboxylic acid groups (broad SMARTS) is 1. The molecule has 0 aromatic carbocycles. The minimum atomic E-state index is -0.829. The molecule has 1 unspecified atom stereocenters. The van der Waals surface area contributed by atoms with Gasteiger partial charge in [0.1, 0.15) is 0 Å². The van der Waals surface area contributed by atoms with Gasteiger partial charge in [0, 0.05) is 32.1 Å². The lowest BCUT2D eigenvalue weighted by Gasteiger charge is -2.32. The summed E-state index contributed by atoms with van der Waals surface area (Å²) in [6.45, 7) is 1.44. The average Bonchev–Trinajstić information content (AvgIpc) is 3.21. The van der Waals surface area contributed by atoms with Crippen molar-refractivity contribution >= 4 is 17.8 Å². The van der Waals surface area contributed by atoms with E-state index < -0.39 is 11.9 Å². The first kappa shape index (κ1) is 13.4. The Kier molecular flexibility index (Phi) is 3.40. The lowest BCUT2D eigenvalue weighted by molar-refractivity contribution is -0.146. The van der Waals surface area contributed by atoms with E-state index in [1.165, 1.54) is 0 Å². The van der Waals surface area contributed by atoms with Crippen molar-refractivity contribution in [3.63, 3.8) is 0 Å². The van der Waals surface area contributed by atoms with Crippen molar-refractivity contribution < 1.29 is 19.5 Å². The molecule has 0 spiro atoms. The Labute approximate surface area is 117 Å². The van der Waals surface area contributed by atoms with Crippen molar-refractivity contribution in [3.05, 3.63) is 0 Å². The number of nitrogens with zero attached hydrogens (tertiary/aromatic N) is 2. The summed E-state index contributed by atoms with van der Waals surface area (Å²) in [5.74, 6) is -1.50. The van der Waals surface area contributed by atoms with Crippen molar-refractivity contribution in [2.45, 2.75) is 38.1 Å². The molecule has 110 valence electrons. The third kappa shape index (κ3) is 2.51. The van der Waals surface area contributed by atoms with Crippen LogP contribution in [0.5, 0.6) is 0 Å². The van der Waals surface area contributed by atoms with Gasteiger partial charge in [0.2, 0.25) is 11.8 Å². The second-order valence-corrected chi connectivity index (χ2v) is 6.14. The third-order valence-electron chi connectivity index (χ3n) is 4.58. The van der Waals surface area contributed by atoms with Crippen LogP contribution in [0.4, 0.5) is 0 Å². The van der Waals surface area contributed by atoms with Crippen molar-refractivity contribution in [2.75, 3.05) is 19.6 Å². The van der Waals surface area contributed by atoms with Gasteiger partial charge in [-0.3, -0.25) is 14.4 Å². The van der Waals surface area contributed by atoms with Crippen LogP contribution >= 0.6 is 0 Å². The molecule has 2 saturated heterocycles. The predicted molar refractivity (Wildman–Crippen MR) is 69.8 cm³/mol. The van der Waals surface area contributed by atoms with Crippen molar-refractivity contribution in [3.8, 4) is 0 Å². The van der Waals surface area contributed by atoms with Crippen LogP contribution < -0.4 is 0 Å². The maximum atomic E-state index is 12.5. The summed E-state index contributed by atoms with van der Waals surface area (Å²) in [6.07, 6.45) is 3.77. The standard InChI is InChI=1S/C14H20N2O4/c17-12-6-10(8-16(12)11-3-4-11)13(18)15-5-1-2-9(7-15)14(19)20/h9-11H,1-8H2,(H,19,20)/t9-,10?/m0/s1. The van der Waals surface area contributed by atoms with Crippen molar-refractivity contribution in [2.24, 2.45) is 11.8 Å². The number of amides is 2. The fourth-order valence-corrected chi connectivity index (χ4v) is 3.27. The van der Waals surface area contributed by atoms with Gasteiger partial charge in [-0.25, -0.2) is 0 Å². The SMILES string of the molecule is O=C(O)[C@H]1CCCN(C(=O)C2CC(=O)N(C3CC3)C2)C1. The quantitative estimate of drug-likeness (QED) is 0.807. The van der Waals surface area contributed by atoms with E-state index in [2.05, 4.69) is 0 Å². The molecule has 2 amide bonds. The molecule has 6 nitrogen and oxygen atoms in total. The molecule has 2 heterocycles. The van der Waals surface area contributed by atoms with Gasteiger partial charge < -0.3 is 14.9 Å². The Morgan fingerprint density at radius 1 is 1.10 bits per heavy atom. The molecule has 0 bridgehead atoms. The average molecular weight is 280 g/mol. The van der Waals surface area contributed by atoms with Crippen LogP contribution in [0.1, 0.15) is 32.1 Å². The number of carbonyl (C=O) groups excluding carboxylic acids is 2. The number of carboxylic acids is 1. The number of piperidine rings is 1. The molecule has 6 heteroatoms. The number of hydrogen-bond donors (Lipinski definition) is 1. The molecule has 0 aromatic rings. The first-order valence-corrected chi connectivity index (χ1v) is 7.37. The van der Waals surface area contributed by atoms with Crippen LogP contribution in [-0.4, -0.2) is 58.4 Å². The minimum Gasteiger partial charge on any atom is -0.481 e. The van der Waals surface area contributed by atoms with Gasteiger partial charge in [0.05, 0.1) is 11.8 Å². The Hall–Kier alpha value is -1.59. The van der Waals surface area contributed by atoms with Gasteiger partial charge in [0.15, 0.2) is 0 Å². The molecule has 2 atom stereocenters. The van der Waals surface area contributed by atoms with Crippen LogP contribution in [0, 0.1) is 11.8 Å². The van der Waals surface area contributed by atoms with Gasteiger partial charge in [0.25, 0.3) is 0 Å². The van der Waals surface area contributed by atoms with Gasteiger partial charge >= 0.3 is 5.97 Å². The predicted octanol–water partition coefficient (Wildman–Crippen LogP) is 0.320. The Morgan fingerprint density at radius 2 is 1.85 bits per heavy atom. The maximum Gasteiger partial charge on any atom is 0.308 e. The van der Waals surface area contributed by atoms with Crippen LogP contribution in [0.2, 0.25) is 0 Å². The van der Waals surface area contributed by atoms with Crippen LogP contribution in [-0.2, 0) is 14.4 Å². The zero-order chi connectivity index (χ0) is 14.3. The highest BCUT2D eigenvalue weighted by atomic mass is 16.4. The number of likely N-dealkylation sites (tertiary alicyclic amines) is 2. The molecular weight excluding hydrogens is 260 g/mol. The molecule has 0 aromatic heterocycles. The summed E-state index contributed by atoms with van der Waals surface area (Å²) >= 11 is 0. The smallest absolute Gasteiger partial charge is 0.308 e. The van der Waals surface area contributed by atoms with Crippen molar-refractivity contribution in [1.29, 1.82) is 0 Å². The fraction of sp³-hybridized carbons (Fsp3) is 0.786. The summed E-state index contributed by atoms with van der Waals surface area (Å²) in [5.41, 5.74) is 0. The Balaban J connectivity index is 1.61. The van der Waals surface area contributed by atoms with Gasteiger partial charge in [-0.2, -0.15) is 0 Å². The summed E-state index contributed by atoms with van der Waals surface area (Å²) in [4.78, 5) is 38.9. The van der Waals surface area contributed by atoms with E-state index in [0.717, 1.165) is 19.3 Å². The lowest BCUT2D eigenvalue weighted by Crippen LogP contribution is -2.45. The first-order chi connectivity index (χ1) is 9.56. The van der Waals surface area contributed by atoms with Crippen LogP contribution in [0.25, 0.3) is 0 Å². The molecule has 3 aliphatic rings. The topological polar surface area (TPSA) is 77.9 Å². The van der Waals surface area contributed by atoms with Crippen LogP contribution in [0.15, 0.2) is 0 Å². The normalized spacial score (nSPS) is 30.7. The molecule has 0 radical (unpaired) electrons. The Bertz CT molecular complexity index is 446. The zero-order valence-corrected chi connectivity index (χ0v) is 11.5. The highest BCUT2D eigenvalue weighted by Gasteiger charge is 2.43. The van der Waals surface area contributed by atoms with E-state index >= 15 is 0 Å². The second kappa shape index (κ2) is 5.07. The van der Waals surface area contributed by atoms with Crippen molar-refractivity contribution in [1.82, 2.24) is 9.80 Å². The third-order valence-corrected chi connectivity index (χ3v) is 4.58. The zero-order valence-electron chi connectivity index (χ0n) is 11.5. The molecule has 3 rings (SSSR count). The van der Waals surface area contributed by atoms with Gasteiger partial charge in [-0.15, -0.1) is 0 Å². The van der Waals surface area contributed by atoms with E-state index in [1.807, 2.05) is 4.90 Å². The number of aliphatic carboxylic acids is 1. The summed E-state index contributed by atoms with van der Waals surface area (Å²) in [5, 5.41) is 9.07. The van der Waals surface area contributed by atoms with E-state index in [1.54, 1.807) is 4.90 Å². The molecule has 2 aliphatic heterocycles. The molecular formula is C14H20N2O4. The molecule has 1 aliphatic carbocycles. The molecule has 20 heavy (non-hydrogen) atoms. The minimum absolute atomic E-state index is 0.0348. The summed E-state index contributed by atoms with van der Waals surface area (Å²) in [6, 6.07) is 0.355.